The summed E-state index contributed by atoms with van der Waals surface area (Å²) in [5.74, 6) is 9.55. The molecule has 13 heteroatoms. The van der Waals surface area contributed by atoms with Gasteiger partial charge in [0, 0.05) is 0 Å². The van der Waals surface area contributed by atoms with Crippen molar-refractivity contribution in [2.45, 2.75) is 444 Å². The summed E-state index contributed by atoms with van der Waals surface area (Å²) >= 11 is 0. The van der Waals surface area contributed by atoms with E-state index in [1.807, 2.05) is 111 Å². The highest BCUT2D eigenvalue weighted by molar-refractivity contribution is 5.39. The molecule has 0 N–H and O–H groups in total. The molecule has 0 atom stereocenters. The van der Waals surface area contributed by atoms with Gasteiger partial charge in [-0.3, -0.25) is 0 Å². The molecule has 6 fully saturated rings. The molecule has 0 spiro atoms. The van der Waals surface area contributed by atoms with E-state index in [0.29, 0.717) is 150 Å². The van der Waals surface area contributed by atoms with Crippen LogP contribution in [0.4, 0.5) is 43.9 Å². The van der Waals surface area contributed by atoms with E-state index < -0.39 is 0 Å². The van der Waals surface area contributed by atoms with E-state index in [2.05, 4.69) is 205 Å². The maximum atomic E-state index is 13.8. The standard InChI is InChI=1S/C16H23FO.C15H21F.C14H19F.2C14H21F.C13H17FO.C13H19FO.C13H17F.C13H19F.C12H15F/c1-12(2)14-8-9-15(17)16(10-14)18-11-13-6-4-3-5-7-13;1-11(2)13-8-9-15(16)14(10-13)12-6-4-3-5-7-12;1-10(2)12-7-8-14(15)13(9-12)11-5-3-4-6-11;1-10(2)11-6-7-13(15)12(8-11)9-14(3,4)5;1-10(2)5-6-13-9-12(11(3)4)7-8-14(13)15;1-9(2)11-5-6-12(14)13(7-11)15-8-10-3-4-10;1-9(2)8-15-13-7-11(10(3)4)5-6-12(13)14;1-9(2)11-6-7-13(14)12(8-11)10-4-3-5-10;1-9(2)7-12-8-11(10(3)4)5-6-13(12)14;1-8(2)10-5-6-12(13)11(7-10)9-3-4-9/h8-10,12-13H,3-7,11H2,1-2H3;8-12H,3-7H2,1-2H3;7-11H,3-6H2,1-2H3;6-8,10H,9H2,1-5H3;7-11H,5-6H2,1-4H3;5-7,9-10H,3-4,8H2,1-2H3;5-7,9-10H,8H2,1-4H3;6-10H,3-5H2,1-2H3;5-6,8-10H,7H2,1-4H3;5-9H,3-4H2,1-2H3. The zero-order chi connectivity index (χ0) is 111. The minimum Gasteiger partial charge on any atom is -0.490 e. The maximum Gasteiger partial charge on any atom is 0.165 e. The van der Waals surface area contributed by atoms with Crippen molar-refractivity contribution in [1.29, 1.82) is 0 Å². The van der Waals surface area contributed by atoms with Crippen LogP contribution in [0, 0.1) is 93.2 Å². The third-order valence-electron chi connectivity index (χ3n) is 29.5. The molecule has 828 valence electrons. The molecule has 10 aromatic rings. The predicted molar refractivity (Wildman–Crippen MR) is 616 cm³/mol. The van der Waals surface area contributed by atoms with Gasteiger partial charge in [-0.1, -0.05) is 362 Å². The monoisotopic (exact) mass is 2080 g/mol. The first-order chi connectivity index (χ1) is 70.9. The van der Waals surface area contributed by atoms with Gasteiger partial charge in [-0.15, -0.1) is 0 Å². The Labute approximate surface area is 903 Å². The molecule has 0 amide bonds. The lowest BCUT2D eigenvalue weighted by Crippen LogP contribution is -2.15. The summed E-state index contributed by atoms with van der Waals surface area (Å²) in [7, 11) is 0. The Morgan fingerprint density at radius 3 is 0.740 bits per heavy atom. The molecule has 150 heavy (non-hydrogen) atoms. The Balaban J connectivity index is 0.000000226. The highest BCUT2D eigenvalue weighted by Gasteiger charge is 2.30. The highest BCUT2D eigenvalue weighted by Crippen LogP contribution is 2.45. The van der Waals surface area contributed by atoms with E-state index >= 15 is 0 Å². The molecular weight excluding hydrogens is 1880 g/mol. The second-order valence-corrected chi connectivity index (χ2v) is 49.1. The molecular formula is C137H192F10O3. The average Bonchev–Trinajstić information content (AvgIpc) is 1.72. The Hall–Kier alpha value is -9.10. The molecule has 6 aliphatic rings. The van der Waals surface area contributed by atoms with Gasteiger partial charge < -0.3 is 14.2 Å². The molecule has 0 radical (unpaired) electrons. The van der Waals surface area contributed by atoms with Gasteiger partial charge in [-0.05, 0) is 394 Å². The van der Waals surface area contributed by atoms with E-state index in [9.17, 15) is 43.9 Å². The van der Waals surface area contributed by atoms with Crippen LogP contribution < -0.4 is 14.2 Å². The average molecular weight is 2080 g/mol. The lowest BCUT2D eigenvalue weighted by atomic mass is 9.79. The molecule has 0 saturated heterocycles. The summed E-state index contributed by atoms with van der Waals surface area (Å²) in [5, 5.41) is 0. The van der Waals surface area contributed by atoms with Crippen LogP contribution in [0.2, 0.25) is 0 Å². The van der Waals surface area contributed by atoms with Gasteiger partial charge in [0.2, 0.25) is 0 Å². The Morgan fingerprint density at radius 2 is 0.467 bits per heavy atom. The minimum absolute atomic E-state index is 0.00343. The minimum atomic E-state index is -0.278. The number of rotatable bonds is 29. The van der Waals surface area contributed by atoms with Crippen LogP contribution in [-0.4, -0.2) is 19.8 Å². The first-order valence-electron chi connectivity index (χ1n) is 57.7. The molecule has 0 aliphatic heterocycles. The topological polar surface area (TPSA) is 27.7 Å². The fraction of sp³-hybridized carbons (Fsp3) is 0.562. The Bertz CT molecular complexity index is 5430. The SMILES string of the molecule is CC(C)CCc1cc(C(C)C)ccc1F.CC(C)COc1cc(C(C)C)ccc1F.CC(C)Cc1cc(C(C)C)ccc1F.CC(C)c1ccc(F)c(C2CC2)c1.CC(C)c1ccc(F)c(C2CCC2)c1.CC(C)c1ccc(F)c(C2CCCC2)c1.CC(C)c1ccc(F)c(C2CCCCC2)c1.CC(C)c1ccc(F)c(CC(C)(C)C)c1.CC(C)c1ccc(F)c(OCC2CC2)c1.CC(C)c1ccc(F)c(OCC2CCCCC2)c1. The van der Waals surface area contributed by atoms with Crippen molar-refractivity contribution in [1.82, 2.24) is 0 Å². The fourth-order valence-corrected chi connectivity index (χ4v) is 18.8. The lowest BCUT2D eigenvalue weighted by Gasteiger charge is -2.26. The second-order valence-electron chi connectivity index (χ2n) is 49.1. The van der Waals surface area contributed by atoms with Crippen LogP contribution in [0.15, 0.2) is 182 Å². The molecule has 0 unspecified atom stereocenters. The van der Waals surface area contributed by atoms with Crippen LogP contribution >= 0.6 is 0 Å². The van der Waals surface area contributed by atoms with Gasteiger partial charge in [-0.2, -0.15) is 0 Å². The second kappa shape index (κ2) is 64.3. The maximum absolute atomic E-state index is 13.8. The first-order valence-corrected chi connectivity index (χ1v) is 57.7. The van der Waals surface area contributed by atoms with E-state index in [4.69, 9.17) is 14.2 Å². The van der Waals surface area contributed by atoms with Crippen LogP contribution in [0.3, 0.4) is 0 Å². The fourth-order valence-electron chi connectivity index (χ4n) is 18.8. The summed E-state index contributed by atoms with van der Waals surface area (Å²) in [4.78, 5) is 0. The first kappa shape index (κ1) is 128. The number of hydrogen-bond acceptors (Lipinski definition) is 3. The van der Waals surface area contributed by atoms with Gasteiger partial charge in [0.15, 0.2) is 34.7 Å². The quantitative estimate of drug-likeness (QED) is 0.0437. The number of hydrogen-bond donors (Lipinski definition) is 0. The van der Waals surface area contributed by atoms with Gasteiger partial charge in [0.25, 0.3) is 0 Å². The summed E-state index contributed by atoms with van der Waals surface area (Å²) in [6.45, 7) is 63.6. The summed E-state index contributed by atoms with van der Waals surface area (Å²) in [6.07, 6.45) is 29.3. The number of halogens is 10. The largest absolute Gasteiger partial charge is 0.490 e. The van der Waals surface area contributed by atoms with Crippen molar-refractivity contribution in [3.05, 3.63) is 335 Å². The zero-order valence-corrected chi connectivity index (χ0v) is 97.6. The number of aryl methyl sites for hydroxylation is 1. The van der Waals surface area contributed by atoms with E-state index in [1.165, 1.54) is 192 Å². The molecule has 6 saturated carbocycles. The molecule has 6 aliphatic carbocycles. The molecule has 16 rings (SSSR count). The van der Waals surface area contributed by atoms with Gasteiger partial charge in [-0.25, -0.2) is 43.9 Å². The highest BCUT2D eigenvalue weighted by atomic mass is 19.2. The number of ether oxygens (including phenoxy) is 3. The van der Waals surface area contributed by atoms with Crippen LogP contribution in [0.5, 0.6) is 17.2 Å². The zero-order valence-electron chi connectivity index (χ0n) is 97.6. The van der Waals surface area contributed by atoms with E-state index in [0.717, 1.165) is 81.3 Å². The smallest absolute Gasteiger partial charge is 0.165 e. The normalized spacial score (nSPS) is 14.9. The van der Waals surface area contributed by atoms with Crippen molar-refractivity contribution >= 4 is 0 Å². The lowest BCUT2D eigenvalue weighted by molar-refractivity contribution is 0.202. The molecule has 10 aromatic carbocycles. The number of benzene rings is 10. The molecule has 3 nitrogen and oxygen atoms in total. The van der Waals surface area contributed by atoms with E-state index in [-0.39, 0.29) is 63.6 Å². The van der Waals surface area contributed by atoms with Crippen molar-refractivity contribution in [3.63, 3.8) is 0 Å². The van der Waals surface area contributed by atoms with Crippen molar-refractivity contribution in [2.75, 3.05) is 19.8 Å². The van der Waals surface area contributed by atoms with Gasteiger partial charge in [0.05, 0.1) is 19.8 Å². The van der Waals surface area contributed by atoms with Crippen LogP contribution in [0.25, 0.3) is 0 Å². The Kier molecular flexibility index (Phi) is 54.8. The molecule has 0 aromatic heterocycles. The van der Waals surface area contributed by atoms with Gasteiger partial charge >= 0.3 is 0 Å². The van der Waals surface area contributed by atoms with Crippen LogP contribution in [0.1, 0.15) is 519 Å². The Morgan fingerprint density at radius 1 is 0.227 bits per heavy atom. The summed E-state index contributed by atoms with van der Waals surface area (Å²) in [5.41, 5.74) is 18.6. The van der Waals surface area contributed by atoms with E-state index in [1.54, 1.807) is 48.5 Å². The third-order valence-corrected chi connectivity index (χ3v) is 29.5. The van der Waals surface area contributed by atoms with Crippen molar-refractivity contribution in [3.8, 4) is 17.2 Å². The van der Waals surface area contributed by atoms with Crippen molar-refractivity contribution in [2.24, 2.45) is 35.0 Å². The molecule has 0 bridgehead atoms. The third kappa shape index (κ3) is 45.5. The predicted octanol–water partition coefficient (Wildman–Crippen LogP) is 43.5. The molecule has 0 heterocycles. The van der Waals surface area contributed by atoms with Crippen molar-refractivity contribution < 1.29 is 58.1 Å². The van der Waals surface area contributed by atoms with Crippen LogP contribution in [-0.2, 0) is 19.3 Å². The summed E-state index contributed by atoms with van der Waals surface area (Å²) < 4.78 is 152. The van der Waals surface area contributed by atoms with Gasteiger partial charge in [0.1, 0.15) is 40.7 Å². The summed E-state index contributed by atoms with van der Waals surface area (Å²) in [6, 6.07) is 54.3.